The number of nitrogens with zero attached hydrogens (tertiary/aromatic N) is 1. The van der Waals surface area contributed by atoms with Gasteiger partial charge in [0, 0.05) is 29.6 Å². The molecule has 0 saturated carbocycles. The maximum Gasteiger partial charge on any atom is 0.264 e. The maximum atomic E-state index is 12.8. The number of hydrogen-bond donors (Lipinski definition) is 1. The number of halogens is 1. The van der Waals surface area contributed by atoms with E-state index in [1.165, 1.54) is 4.88 Å². The molecular weight excluding hydrogens is 412 g/mol. The summed E-state index contributed by atoms with van der Waals surface area (Å²) in [6, 6.07) is 7.18. The third-order valence-corrected chi connectivity index (χ3v) is 6.90. The molecule has 29 heavy (non-hydrogen) atoms. The number of hydrogen-bond acceptors (Lipinski definition) is 5. The van der Waals surface area contributed by atoms with Gasteiger partial charge in [-0.15, -0.1) is 11.3 Å². The molecule has 1 aliphatic carbocycles. The summed E-state index contributed by atoms with van der Waals surface area (Å²) < 4.78 is 10.5. The summed E-state index contributed by atoms with van der Waals surface area (Å²) in [5, 5.41) is 3.41. The average Bonchev–Trinajstić information content (AvgIpc) is 3.17. The van der Waals surface area contributed by atoms with Gasteiger partial charge >= 0.3 is 0 Å². The molecule has 0 spiro atoms. The molecule has 1 aromatic heterocycles. The van der Waals surface area contributed by atoms with Crippen LogP contribution < -0.4 is 10.1 Å². The van der Waals surface area contributed by atoms with Crippen molar-refractivity contribution in [1.82, 2.24) is 4.90 Å². The van der Waals surface area contributed by atoms with Crippen molar-refractivity contribution in [1.29, 1.82) is 0 Å². The molecule has 1 aliphatic heterocycles. The van der Waals surface area contributed by atoms with Gasteiger partial charge in [-0.3, -0.25) is 9.59 Å². The first-order valence-corrected chi connectivity index (χ1v) is 10.9. The number of amides is 2. The lowest BCUT2D eigenvalue weighted by atomic mass is 9.87. The largest absolute Gasteiger partial charge is 0.495 e. The van der Waals surface area contributed by atoms with Crippen molar-refractivity contribution < 1.29 is 19.1 Å². The minimum Gasteiger partial charge on any atom is -0.495 e. The zero-order valence-electron chi connectivity index (χ0n) is 16.2. The molecule has 6 nitrogen and oxygen atoms in total. The van der Waals surface area contributed by atoms with Gasteiger partial charge in [0.1, 0.15) is 5.75 Å². The van der Waals surface area contributed by atoms with E-state index in [9.17, 15) is 9.59 Å². The van der Waals surface area contributed by atoms with Crippen LogP contribution in [0.2, 0.25) is 5.02 Å². The molecule has 1 saturated heterocycles. The van der Waals surface area contributed by atoms with Gasteiger partial charge in [0.25, 0.3) is 5.91 Å². The number of fused-ring (bicyclic) bond motifs is 1. The second kappa shape index (κ2) is 8.73. The minimum atomic E-state index is -0.121. The van der Waals surface area contributed by atoms with Crippen molar-refractivity contribution in [3.8, 4) is 5.75 Å². The van der Waals surface area contributed by atoms with E-state index >= 15 is 0 Å². The molecule has 154 valence electrons. The zero-order valence-corrected chi connectivity index (χ0v) is 17.8. The molecule has 0 bridgehead atoms. The van der Waals surface area contributed by atoms with Gasteiger partial charge in [-0.2, -0.15) is 0 Å². The van der Waals surface area contributed by atoms with Gasteiger partial charge in [0.2, 0.25) is 5.91 Å². The Morgan fingerprint density at radius 2 is 2.07 bits per heavy atom. The van der Waals surface area contributed by atoms with E-state index in [1.807, 2.05) is 11.0 Å². The highest BCUT2D eigenvalue weighted by atomic mass is 35.5. The number of nitrogens with one attached hydrogen (secondary N) is 1. The second-order valence-electron chi connectivity index (χ2n) is 7.24. The quantitative estimate of drug-likeness (QED) is 0.797. The molecule has 4 rings (SSSR count). The van der Waals surface area contributed by atoms with Crippen LogP contribution in [0.15, 0.2) is 24.3 Å². The Morgan fingerprint density at radius 1 is 1.28 bits per heavy atom. The van der Waals surface area contributed by atoms with E-state index in [-0.39, 0.29) is 17.7 Å². The number of ether oxygens (including phenoxy) is 2. The molecule has 1 fully saturated rings. The first-order chi connectivity index (χ1) is 14.0. The number of morpholine rings is 1. The number of carbonyl (C=O) groups is 2. The van der Waals surface area contributed by atoms with Crippen molar-refractivity contribution in [2.24, 2.45) is 5.92 Å². The van der Waals surface area contributed by atoms with E-state index in [4.69, 9.17) is 21.1 Å². The van der Waals surface area contributed by atoms with Crippen LogP contribution in [0.3, 0.4) is 0 Å². The molecule has 2 aromatic rings. The van der Waals surface area contributed by atoms with Crippen molar-refractivity contribution in [3.63, 3.8) is 0 Å². The van der Waals surface area contributed by atoms with Crippen LogP contribution >= 0.6 is 22.9 Å². The fraction of sp³-hybridized carbons (Fsp3) is 0.429. The normalized spacial score (nSPS) is 18.8. The van der Waals surface area contributed by atoms with Crippen LogP contribution in [0.25, 0.3) is 0 Å². The van der Waals surface area contributed by atoms with E-state index in [2.05, 4.69) is 5.32 Å². The van der Waals surface area contributed by atoms with Crippen LogP contribution in [-0.2, 0) is 22.4 Å². The van der Waals surface area contributed by atoms with Crippen LogP contribution in [0.1, 0.15) is 26.5 Å². The molecule has 8 heteroatoms. The minimum absolute atomic E-state index is 0.0239. The van der Waals surface area contributed by atoms with Gasteiger partial charge < -0.3 is 19.7 Å². The predicted octanol–water partition coefficient (Wildman–Crippen LogP) is 3.63. The van der Waals surface area contributed by atoms with Crippen LogP contribution in [0.4, 0.5) is 5.69 Å². The summed E-state index contributed by atoms with van der Waals surface area (Å²) in [7, 11) is 1.55. The average molecular weight is 435 g/mol. The van der Waals surface area contributed by atoms with Crippen molar-refractivity contribution in [2.75, 3.05) is 38.7 Å². The number of anilines is 1. The summed E-state index contributed by atoms with van der Waals surface area (Å²) in [4.78, 5) is 29.3. The molecule has 0 radical (unpaired) electrons. The summed E-state index contributed by atoms with van der Waals surface area (Å²) in [5.41, 5.74) is 1.77. The maximum absolute atomic E-state index is 12.8. The number of aryl methyl sites for hydroxylation is 1. The third kappa shape index (κ3) is 4.42. The monoisotopic (exact) mass is 434 g/mol. The van der Waals surface area contributed by atoms with Gasteiger partial charge in [-0.1, -0.05) is 11.6 Å². The Labute approximate surface area is 178 Å². The highest BCUT2D eigenvalue weighted by molar-refractivity contribution is 7.14. The van der Waals surface area contributed by atoms with E-state index in [0.717, 1.165) is 23.3 Å². The first kappa shape index (κ1) is 20.2. The molecule has 2 heterocycles. The Kier molecular flexibility index (Phi) is 6.08. The highest BCUT2D eigenvalue weighted by Gasteiger charge is 2.29. The molecular formula is C21H23ClN2O4S. The topological polar surface area (TPSA) is 67.9 Å². The lowest BCUT2D eigenvalue weighted by Crippen LogP contribution is -2.40. The summed E-state index contributed by atoms with van der Waals surface area (Å²) in [6.07, 6.45) is 2.24. The van der Waals surface area contributed by atoms with Gasteiger partial charge in [0.15, 0.2) is 0 Å². The fourth-order valence-electron chi connectivity index (χ4n) is 3.76. The smallest absolute Gasteiger partial charge is 0.264 e. The van der Waals surface area contributed by atoms with Crippen molar-refractivity contribution >= 4 is 40.4 Å². The molecule has 2 amide bonds. The van der Waals surface area contributed by atoms with Crippen molar-refractivity contribution in [3.05, 3.63) is 44.6 Å². The van der Waals surface area contributed by atoms with Crippen LogP contribution in [0.5, 0.6) is 5.75 Å². The third-order valence-electron chi connectivity index (χ3n) is 5.38. The number of rotatable bonds is 4. The Morgan fingerprint density at radius 3 is 2.79 bits per heavy atom. The summed E-state index contributed by atoms with van der Waals surface area (Å²) >= 11 is 7.71. The zero-order chi connectivity index (χ0) is 20.4. The van der Waals surface area contributed by atoms with E-state index < -0.39 is 0 Å². The number of methoxy groups -OCH3 is 1. The van der Waals surface area contributed by atoms with Gasteiger partial charge in [-0.25, -0.2) is 0 Å². The lowest BCUT2D eigenvalue weighted by molar-refractivity contribution is -0.120. The summed E-state index contributed by atoms with van der Waals surface area (Å²) in [6.45, 7) is 2.45. The highest BCUT2D eigenvalue weighted by Crippen LogP contribution is 2.34. The van der Waals surface area contributed by atoms with E-state index in [0.29, 0.717) is 49.2 Å². The second-order valence-corrected chi connectivity index (χ2v) is 8.79. The molecule has 1 unspecified atom stereocenters. The molecule has 2 aliphatic rings. The first-order valence-electron chi connectivity index (χ1n) is 9.68. The van der Waals surface area contributed by atoms with Crippen LogP contribution in [0, 0.1) is 5.92 Å². The Balaban J connectivity index is 1.41. The van der Waals surface area contributed by atoms with Gasteiger partial charge in [-0.05, 0) is 49.1 Å². The van der Waals surface area contributed by atoms with Crippen LogP contribution in [-0.4, -0.2) is 50.1 Å². The molecule has 1 atom stereocenters. The van der Waals surface area contributed by atoms with Crippen molar-refractivity contribution in [2.45, 2.75) is 19.3 Å². The Bertz CT molecular complexity index is 923. The molecule has 1 N–H and O–H groups in total. The SMILES string of the molecule is COc1ccc(NC(=O)C2CCc3sc(C(=O)N4CCOCC4)cc3C2)cc1Cl. The number of benzene rings is 1. The van der Waals surface area contributed by atoms with Gasteiger partial charge in [0.05, 0.1) is 30.2 Å². The fourth-order valence-corrected chi connectivity index (χ4v) is 5.20. The number of carbonyl (C=O) groups excluding carboxylic acids is 2. The van der Waals surface area contributed by atoms with E-state index in [1.54, 1.807) is 36.6 Å². The Hall–Kier alpha value is -2.09. The lowest BCUT2D eigenvalue weighted by Gasteiger charge is -2.26. The summed E-state index contributed by atoms with van der Waals surface area (Å²) in [5.74, 6) is 0.498. The standard InChI is InChI=1S/C21H23ClN2O4S/c1-27-17-4-3-15(12-16(17)22)23-20(25)13-2-5-18-14(10-13)11-19(29-18)21(26)24-6-8-28-9-7-24/h3-4,11-13H,2,5-10H2,1H3,(H,23,25). The predicted molar refractivity (Wildman–Crippen MR) is 113 cm³/mol. The number of thiophene rings is 1. The molecule has 1 aromatic carbocycles.